The number of rotatable bonds is 6. The van der Waals surface area contributed by atoms with E-state index in [1.54, 1.807) is 6.08 Å². The normalized spacial score (nSPS) is 13.8. The maximum atomic E-state index is 4.64. The van der Waals surface area contributed by atoms with Crippen LogP contribution in [0.3, 0.4) is 0 Å². The molecule has 1 aromatic rings. The lowest BCUT2D eigenvalue weighted by atomic mass is 10.1. The average Bonchev–Trinajstić information content (AvgIpc) is 2.51. The highest BCUT2D eigenvalue weighted by Crippen LogP contribution is 2.14. The molecule has 0 aromatic heterocycles. The largest absolute Gasteiger partial charge is 0.260 e. The molecule has 0 saturated carbocycles. The highest BCUT2D eigenvalue weighted by atomic mass is 14.7. The summed E-state index contributed by atoms with van der Waals surface area (Å²) in [7, 11) is 0. The highest BCUT2D eigenvalue weighted by Gasteiger charge is 2.00. The van der Waals surface area contributed by atoms with Crippen LogP contribution >= 0.6 is 0 Å². The van der Waals surface area contributed by atoms with Crippen LogP contribution in [0.5, 0.6) is 0 Å². The molecule has 0 amide bonds. The van der Waals surface area contributed by atoms with Gasteiger partial charge >= 0.3 is 0 Å². The summed E-state index contributed by atoms with van der Waals surface area (Å²) in [5.74, 6) is 0. The Labute approximate surface area is 122 Å². The van der Waals surface area contributed by atoms with Gasteiger partial charge in [-0.15, -0.1) is 0 Å². The quantitative estimate of drug-likeness (QED) is 0.470. The number of hydrogen-bond acceptors (Lipinski definition) is 1. The zero-order valence-corrected chi connectivity index (χ0v) is 12.6. The topological polar surface area (TPSA) is 12.4 Å². The van der Waals surface area contributed by atoms with Gasteiger partial charge in [0, 0.05) is 11.9 Å². The Bertz CT molecular complexity index is 542. The van der Waals surface area contributed by atoms with Crippen molar-refractivity contribution in [2.24, 2.45) is 4.99 Å². The van der Waals surface area contributed by atoms with Crippen molar-refractivity contribution in [1.82, 2.24) is 0 Å². The van der Waals surface area contributed by atoms with Gasteiger partial charge in [0.15, 0.2) is 0 Å². The van der Waals surface area contributed by atoms with Crippen molar-refractivity contribution in [3.05, 3.63) is 78.6 Å². The summed E-state index contributed by atoms with van der Waals surface area (Å²) in [5.41, 5.74) is 4.60. The maximum absolute atomic E-state index is 4.64. The van der Waals surface area contributed by atoms with Crippen molar-refractivity contribution < 1.29 is 0 Å². The van der Waals surface area contributed by atoms with Gasteiger partial charge in [0.05, 0.1) is 0 Å². The molecule has 1 aromatic carbocycles. The summed E-state index contributed by atoms with van der Waals surface area (Å²) >= 11 is 0. The van der Waals surface area contributed by atoms with Crippen LogP contribution in [0.2, 0.25) is 0 Å². The Morgan fingerprint density at radius 1 is 1.25 bits per heavy atom. The third-order valence-electron chi connectivity index (χ3n) is 3.03. The van der Waals surface area contributed by atoms with E-state index in [-0.39, 0.29) is 0 Å². The van der Waals surface area contributed by atoms with Gasteiger partial charge in [-0.05, 0) is 37.0 Å². The molecule has 1 heteroatoms. The minimum absolute atomic E-state index is 0.903. The van der Waals surface area contributed by atoms with E-state index in [2.05, 4.69) is 43.6 Å². The molecular weight excluding hydrogens is 242 g/mol. The monoisotopic (exact) mass is 265 g/mol. The van der Waals surface area contributed by atoms with Crippen LogP contribution in [0.25, 0.3) is 5.57 Å². The molecule has 0 spiro atoms. The third-order valence-corrected chi connectivity index (χ3v) is 3.03. The third kappa shape index (κ3) is 4.85. The van der Waals surface area contributed by atoms with E-state index in [0.717, 1.165) is 17.7 Å². The Kier molecular flexibility index (Phi) is 7.05. The number of allylic oxidation sites excluding steroid dienone is 6. The minimum atomic E-state index is 0.903. The first-order chi connectivity index (χ1) is 9.72. The lowest BCUT2D eigenvalue weighted by Gasteiger charge is -2.04. The molecule has 0 fully saturated rings. The summed E-state index contributed by atoms with van der Waals surface area (Å²) in [5, 5.41) is 0. The van der Waals surface area contributed by atoms with Crippen molar-refractivity contribution in [3.63, 3.8) is 0 Å². The van der Waals surface area contributed by atoms with Crippen LogP contribution in [0.4, 0.5) is 0 Å². The van der Waals surface area contributed by atoms with E-state index in [0.29, 0.717) is 0 Å². The van der Waals surface area contributed by atoms with E-state index in [1.807, 2.05) is 43.5 Å². The lowest BCUT2D eigenvalue weighted by Crippen LogP contribution is -1.98. The standard InChI is InChI=1S/C19H23N/c1-5-8-12-17(6-2)19(7-3)20-15-16(4)18-13-10-9-11-14-18/h5-6,8-15H,1,7H2,2-4H3/b12-8-,16-15+,17-6+,20-19-. The minimum Gasteiger partial charge on any atom is -0.260 e. The van der Waals surface area contributed by atoms with Crippen molar-refractivity contribution in [1.29, 1.82) is 0 Å². The fourth-order valence-electron chi connectivity index (χ4n) is 1.85. The summed E-state index contributed by atoms with van der Waals surface area (Å²) in [6.45, 7) is 9.93. The van der Waals surface area contributed by atoms with Crippen molar-refractivity contribution in [3.8, 4) is 0 Å². The molecule has 1 rings (SSSR count). The Morgan fingerprint density at radius 3 is 2.50 bits per heavy atom. The van der Waals surface area contributed by atoms with Crippen LogP contribution in [0.15, 0.2) is 78.0 Å². The maximum Gasteiger partial charge on any atom is 0.0469 e. The van der Waals surface area contributed by atoms with Crippen LogP contribution in [-0.2, 0) is 0 Å². The van der Waals surface area contributed by atoms with E-state index >= 15 is 0 Å². The lowest BCUT2D eigenvalue weighted by molar-refractivity contribution is 1.26. The van der Waals surface area contributed by atoms with Gasteiger partial charge in [-0.1, -0.05) is 68.1 Å². The van der Waals surface area contributed by atoms with E-state index in [1.165, 1.54) is 11.1 Å². The van der Waals surface area contributed by atoms with Gasteiger partial charge in [-0.3, -0.25) is 4.99 Å². The first-order valence-corrected chi connectivity index (χ1v) is 6.97. The number of benzene rings is 1. The molecule has 0 aliphatic heterocycles. The Balaban J connectivity index is 3.00. The molecule has 104 valence electrons. The summed E-state index contributed by atoms with van der Waals surface area (Å²) < 4.78 is 0. The molecule has 0 aliphatic carbocycles. The van der Waals surface area contributed by atoms with Crippen LogP contribution in [0.1, 0.15) is 32.8 Å². The molecule has 1 nitrogen and oxygen atoms in total. The second-order valence-corrected chi connectivity index (χ2v) is 4.45. The number of nitrogens with zero attached hydrogens (tertiary/aromatic N) is 1. The molecular formula is C19H23N. The average molecular weight is 265 g/mol. The predicted molar refractivity (Wildman–Crippen MR) is 90.9 cm³/mol. The van der Waals surface area contributed by atoms with Crippen LogP contribution < -0.4 is 0 Å². The van der Waals surface area contributed by atoms with Crippen molar-refractivity contribution in [2.45, 2.75) is 27.2 Å². The fourth-order valence-corrected chi connectivity index (χ4v) is 1.85. The van der Waals surface area contributed by atoms with Crippen LogP contribution in [0, 0.1) is 0 Å². The summed E-state index contributed by atoms with van der Waals surface area (Å²) in [6.07, 6.45) is 10.7. The molecule has 0 bridgehead atoms. The molecule has 0 atom stereocenters. The first kappa shape index (κ1) is 15.9. The van der Waals surface area contributed by atoms with Crippen molar-refractivity contribution in [2.75, 3.05) is 0 Å². The van der Waals surface area contributed by atoms with E-state index in [4.69, 9.17) is 0 Å². The molecule has 20 heavy (non-hydrogen) atoms. The molecule has 0 heterocycles. The van der Waals surface area contributed by atoms with E-state index in [9.17, 15) is 0 Å². The van der Waals surface area contributed by atoms with Crippen LogP contribution in [-0.4, -0.2) is 5.71 Å². The number of hydrogen-bond donors (Lipinski definition) is 0. The molecule has 0 N–H and O–H groups in total. The zero-order valence-electron chi connectivity index (χ0n) is 12.6. The van der Waals surface area contributed by atoms with E-state index < -0.39 is 0 Å². The molecule has 0 unspecified atom stereocenters. The highest BCUT2D eigenvalue weighted by molar-refractivity contribution is 6.02. The smallest absolute Gasteiger partial charge is 0.0469 e. The Hall–Kier alpha value is -2.15. The SMILES string of the molecule is C=C\C=C/C(=C\C)C(/CC)=N\C=C(/C)c1ccccc1. The molecule has 0 saturated heterocycles. The summed E-state index contributed by atoms with van der Waals surface area (Å²) in [4.78, 5) is 4.64. The van der Waals surface area contributed by atoms with Gasteiger partial charge in [0.2, 0.25) is 0 Å². The van der Waals surface area contributed by atoms with Gasteiger partial charge < -0.3 is 0 Å². The fraction of sp³-hybridized carbons (Fsp3) is 0.211. The Morgan fingerprint density at radius 2 is 1.95 bits per heavy atom. The van der Waals surface area contributed by atoms with Gasteiger partial charge in [-0.25, -0.2) is 0 Å². The van der Waals surface area contributed by atoms with Crippen molar-refractivity contribution >= 4 is 11.3 Å². The zero-order chi connectivity index (χ0) is 14.8. The number of aliphatic imine (C=N–C) groups is 1. The molecule has 0 aliphatic rings. The van der Waals surface area contributed by atoms with Gasteiger partial charge in [0.1, 0.15) is 0 Å². The second kappa shape index (κ2) is 8.87. The van der Waals surface area contributed by atoms with Gasteiger partial charge in [-0.2, -0.15) is 0 Å². The predicted octanol–water partition coefficient (Wildman–Crippen LogP) is 5.59. The second-order valence-electron chi connectivity index (χ2n) is 4.45. The first-order valence-electron chi connectivity index (χ1n) is 6.97. The summed E-state index contributed by atoms with van der Waals surface area (Å²) in [6, 6.07) is 10.3. The molecule has 0 radical (unpaired) electrons. The van der Waals surface area contributed by atoms with Gasteiger partial charge in [0.25, 0.3) is 0 Å².